The topological polar surface area (TPSA) is 73.9 Å². The van der Waals surface area contributed by atoms with Gasteiger partial charge >= 0.3 is 5.97 Å². The van der Waals surface area contributed by atoms with Gasteiger partial charge in [0.05, 0.1) is 5.75 Å². The lowest BCUT2D eigenvalue weighted by atomic mass is 10.1. The quantitative estimate of drug-likeness (QED) is 0.555. The Bertz CT molecular complexity index is 929. The highest BCUT2D eigenvalue weighted by Gasteiger charge is 2.19. The number of rotatable bonds is 7. The largest absolute Gasteiger partial charge is 0.454 e. The van der Waals surface area contributed by atoms with Crippen LogP contribution in [0.4, 0.5) is 0 Å². The van der Waals surface area contributed by atoms with E-state index in [0.29, 0.717) is 18.0 Å². The first kappa shape index (κ1) is 19.6. The second-order valence-corrected chi connectivity index (χ2v) is 8.16. The molecule has 0 saturated heterocycles. The van der Waals surface area contributed by atoms with E-state index < -0.39 is 12.1 Å². The fourth-order valence-corrected chi connectivity index (χ4v) is 4.19. The molecule has 1 N–H and O–H groups in total. The Kier molecular flexibility index (Phi) is 5.94. The first-order valence-corrected chi connectivity index (χ1v) is 10.7. The number of benzene rings is 2. The molecule has 1 heterocycles. The van der Waals surface area contributed by atoms with Crippen LogP contribution in [0.25, 0.3) is 0 Å². The van der Waals surface area contributed by atoms with Gasteiger partial charge in [0.2, 0.25) is 6.79 Å². The van der Waals surface area contributed by atoms with Crippen LogP contribution in [-0.2, 0) is 33.7 Å². The average Bonchev–Trinajstić information content (AvgIpc) is 3.38. The summed E-state index contributed by atoms with van der Waals surface area (Å²) in [6.45, 7) is 2.11. The van der Waals surface area contributed by atoms with E-state index in [1.807, 2.05) is 24.3 Å². The van der Waals surface area contributed by atoms with Crippen molar-refractivity contribution < 1.29 is 23.8 Å². The third-order valence-corrected chi connectivity index (χ3v) is 5.98. The van der Waals surface area contributed by atoms with Crippen molar-refractivity contribution >= 4 is 23.6 Å². The first-order valence-electron chi connectivity index (χ1n) is 9.69. The monoisotopic (exact) mass is 413 g/mol. The number of carbonyl (C=O) groups is 2. The van der Waals surface area contributed by atoms with E-state index in [1.165, 1.54) is 29.3 Å². The Morgan fingerprint density at radius 1 is 1.10 bits per heavy atom. The molecule has 0 bridgehead atoms. The zero-order chi connectivity index (χ0) is 20.2. The van der Waals surface area contributed by atoms with Crippen LogP contribution in [-0.4, -0.2) is 30.5 Å². The number of nitrogens with one attached hydrogen (secondary N) is 1. The van der Waals surface area contributed by atoms with Crippen LogP contribution in [0.5, 0.6) is 11.5 Å². The second-order valence-electron chi connectivity index (χ2n) is 7.11. The van der Waals surface area contributed by atoms with Crippen molar-refractivity contribution in [3.8, 4) is 11.5 Å². The fraction of sp³-hybridized carbons (Fsp3) is 0.364. The molecule has 0 saturated carbocycles. The van der Waals surface area contributed by atoms with Crippen LogP contribution in [0.1, 0.15) is 30.0 Å². The smallest absolute Gasteiger partial charge is 0.317 e. The fourth-order valence-electron chi connectivity index (χ4n) is 3.45. The summed E-state index contributed by atoms with van der Waals surface area (Å²) >= 11 is 1.44. The standard InChI is InChI=1S/C22H23NO5S/c1-14(22(25)23-11-15-5-8-19-20(9-15)27-13-26-19)28-21(24)12-29-18-7-6-16-3-2-4-17(16)10-18/h5-10,14H,2-4,11-13H2,1H3,(H,23,25)/t14-/m0/s1. The Hall–Kier alpha value is -2.67. The summed E-state index contributed by atoms with van der Waals surface area (Å²) in [4.78, 5) is 25.4. The molecular formula is C22H23NO5S. The van der Waals surface area contributed by atoms with E-state index in [-0.39, 0.29) is 18.5 Å². The average molecular weight is 413 g/mol. The van der Waals surface area contributed by atoms with E-state index in [4.69, 9.17) is 14.2 Å². The van der Waals surface area contributed by atoms with Gasteiger partial charge in [0.1, 0.15) is 0 Å². The van der Waals surface area contributed by atoms with Crippen molar-refractivity contribution in [1.82, 2.24) is 5.32 Å². The van der Waals surface area contributed by atoms with E-state index in [1.54, 1.807) is 6.92 Å². The summed E-state index contributed by atoms with van der Waals surface area (Å²) in [5, 5.41) is 2.78. The number of fused-ring (bicyclic) bond motifs is 2. The minimum atomic E-state index is -0.850. The van der Waals surface area contributed by atoms with Crippen LogP contribution >= 0.6 is 11.8 Å². The van der Waals surface area contributed by atoms with E-state index >= 15 is 0 Å². The molecule has 0 aromatic heterocycles. The number of thioether (sulfide) groups is 1. The molecule has 2 aromatic rings. The molecule has 1 atom stereocenters. The predicted molar refractivity (Wildman–Crippen MR) is 109 cm³/mol. The highest BCUT2D eigenvalue weighted by atomic mass is 32.2. The molecule has 29 heavy (non-hydrogen) atoms. The molecule has 152 valence electrons. The van der Waals surface area contributed by atoms with Crippen LogP contribution in [0.15, 0.2) is 41.3 Å². The number of aryl methyl sites for hydroxylation is 2. The second kappa shape index (κ2) is 8.78. The molecule has 0 spiro atoms. The number of hydrogen-bond donors (Lipinski definition) is 1. The van der Waals surface area contributed by atoms with Gasteiger partial charge in [0.25, 0.3) is 5.91 Å². The highest BCUT2D eigenvalue weighted by molar-refractivity contribution is 8.00. The van der Waals surface area contributed by atoms with E-state index in [9.17, 15) is 9.59 Å². The van der Waals surface area contributed by atoms with Gasteiger partial charge in [-0.1, -0.05) is 12.1 Å². The van der Waals surface area contributed by atoms with Gasteiger partial charge in [-0.15, -0.1) is 11.8 Å². The van der Waals surface area contributed by atoms with Crippen molar-refractivity contribution in [3.63, 3.8) is 0 Å². The first-order chi connectivity index (χ1) is 14.1. The summed E-state index contributed by atoms with van der Waals surface area (Å²) in [7, 11) is 0. The SMILES string of the molecule is C[C@H](OC(=O)CSc1ccc2c(c1)CCC2)C(=O)NCc1ccc2c(c1)OCO2. The number of ether oxygens (including phenoxy) is 3. The molecule has 1 amide bonds. The summed E-state index contributed by atoms with van der Waals surface area (Å²) in [6, 6.07) is 11.8. The van der Waals surface area contributed by atoms with Gasteiger partial charge in [-0.05, 0) is 67.1 Å². The molecule has 0 radical (unpaired) electrons. The third-order valence-electron chi connectivity index (χ3n) is 5.01. The predicted octanol–water partition coefficient (Wildman–Crippen LogP) is 3.24. The molecule has 2 aliphatic rings. The van der Waals surface area contributed by atoms with Crippen LogP contribution in [0, 0.1) is 0 Å². The van der Waals surface area contributed by atoms with E-state index in [2.05, 4.69) is 17.4 Å². The molecule has 0 fully saturated rings. The number of carbonyl (C=O) groups excluding carboxylic acids is 2. The van der Waals surface area contributed by atoms with E-state index in [0.717, 1.165) is 23.3 Å². The molecular weight excluding hydrogens is 390 g/mol. The lowest BCUT2D eigenvalue weighted by Crippen LogP contribution is -2.35. The Morgan fingerprint density at radius 3 is 2.83 bits per heavy atom. The summed E-state index contributed by atoms with van der Waals surface area (Å²) in [5.41, 5.74) is 3.66. The molecule has 1 aliphatic heterocycles. The van der Waals surface area contributed by atoms with Gasteiger partial charge in [-0.25, -0.2) is 0 Å². The Morgan fingerprint density at radius 2 is 1.93 bits per heavy atom. The van der Waals surface area contributed by atoms with Crippen molar-refractivity contribution in [2.75, 3.05) is 12.5 Å². The molecule has 2 aromatic carbocycles. The molecule has 6 nitrogen and oxygen atoms in total. The maximum absolute atomic E-state index is 12.2. The minimum Gasteiger partial charge on any atom is -0.454 e. The van der Waals surface area contributed by atoms with Gasteiger partial charge in [-0.3, -0.25) is 9.59 Å². The molecule has 0 unspecified atom stereocenters. The Labute approximate surface area is 173 Å². The van der Waals surface area contributed by atoms with Crippen molar-refractivity contribution in [3.05, 3.63) is 53.1 Å². The summed E-state index contributed by atoms with van der Waals surface area (Å²) in [6.07, 6.45) is 2.59. The van der Waals surface area contributed by atoms with Crippen LogP contribution in [0.2, 0.25) is 0 Å². The lowest BCUT2D eigenvalue weighted by molar-refractivity contribution is -0.152. The molecule has 1 aliphatic carbocycles. The van der Waals surface area contributed by atoms with Crippen LogP contribution < -0.4 is 14.8 Å². The Balaban J connectivity index is 1.21. The summed E-state index contributed by atoms with van der Waals surface area (Å²) in [5.74, 6) is 0.807. The molecule has 7 heteroatoms. The van der Waals surface area contributed by atoms with Crippen molar-refractivity contribution in [2.45, 2.75) is 43.7 Å². The van der Waals surface area contributed by atoms with Gasteiger partial charge in [0, 0.05) is 11.4 Å². The van der Waals surface area contributed by atoms with Gasteiger partial charge < -0.3 is 19.5 Å². The zero-order valence-corrected chi connectivity index (χ0v) is 17.1. The lowest BCUT2D eigenvalue weighted by Gasteiger charge is -2.14. The van der Waals surface area contributed by atoms with Crippen molar-refractivity contribution in [1.29, 1.82) is 0 Å². The maximum Gasteiger partial charge on any atom is 0.317 e. The number of esters is 1. The summed E-state index contributed by atoms with van der Waals surface area (Å²) < 4.78 is 15.9. The normalized spacial score (nSPS) is 14.9. The number of hydrogen-bond acceptors (Lipinski definition) is 6. The van der Waals surface area contributed by atoms with Crippen LogP contribution in [0.3, 0.4) is 0 Å². The van der Waals surface area contributed by atoms with Gasteiger partial charge in [-0.2, -0.15) is 0 Å². The van der Waals surface area contributed by atoms with Crippen molar-refractivity contribution in [2.24, 2.45) is 0 Å². The minimum absolute atomic E-state index is 0.179. The van der Waals surface area contributed by atoms with Gasteiger partial charge in [0.15, 0.2) is 17.6 Å². The number of amides is 1. The maximum atomic E-state index is 12.2. The third kappa shape index (κ3) is 4.85. The zero-order valence-electron chi connectivity index (χ0n) is 16.2. The molecule has 4 rings (SSSR count). The highest BCUT2D eigenvalue weighted by Crippen LogP contribution is 2.32.